The van der Waals surface area contributed by atoms with Crippen LogP contribution < -0.4 is 10.1 Å². The Labute approximate surface area is 142 Å². The van der Waals surface area contributed by atoms with Gasteiger partial charge < -0.3 is 4.74 Å². The highest BCUT2D eigenvalue weighted by Crippen LogP contribution is 2.27. The number of anilines is 1. The number of aromatic nitrogens is 2. The van der Waals surface area contributed by atoms with Crippen molar-refractivity contribution in [1.29, 1.82) is 0 Å². The topological polar surface area (TPSA) is 64.1 Å². The van der Waals surface area contributed by atoms with E-state index in [1.807, 2.05) is 39.8 Å². The van der Waals surface area contributed by atoms with Gasteiger partial charge in [0.25, 0.3) is 5.91 Å². The van der Waals surface area contributed by atoms with Gasteiger partial charge in [-0.1, -0.05) is 41.1 Å². The average molecular weight is 384 g/mol. The highest BCUT2D eigenvalue weighted by Gasteiger charge is 2.12. The summed E-state index contributed by atoms with van der Waals surface area (Å²) >= 11 is 4.82. The monoisotopic (exact) mass is 383 g/mol. The predicted molar refractivity (Wildman–Crippen MR) is 91.7 cm³/mol. The molecular formula is C15H18BrN3O2S. The van der Waals surface area contributed by atoms with Crippen molar-refractivity contribution in [1.82, 2.24) is 10.2 Å². The highest BCUT2D eigenvalue weighted by molar-refractivity contribution is 9.10. The molecule has 1 N–H and O–H groups in total. The van der Waals surface area contributed by atoms with E-state index in [4.69, 9.17) is 4.74 Å². The van der Waals surface area contributed by atoms with Crippen molar-refractivity contribution < 1.29 is 9.53 Å². The number of amides is 1. The molecular weight excluding hydrogens is 366 g/mol. The van der Waals surface area contributed by atoms with Crippen molar-refractivity contribution in [3.63, 3.8) is 0 Å². The molecule has 0 aliphatic heterocycles. The van der Waals surface area contributed by atoms with Crippen LogP contribution in [0.3, 0.4) is 0 Å². The van der Waals surface area contributed by atoms with Gasteiger partial charge in [-0.2, -0.15) is 0 Å². The summed E-state index contributed by atoms with van der Waals surface area (Å²) < 4.78 is 6.63. The molecule has 5 nitrogen and oxygen atoms in total. The molecule has 118 valence electrons. The van der Waals surface area contributed by atoms with Gasteiger partial charge in [0.1, 0.15) is 10.8 Å². The molecule has 0 fully saturated rings. The van der Waals surface area contributed by atoms with Gasteiger partial charge in [-0.15, -0.1) is 10.2 Å². The predicted octanol–water partition coefficient (Wildman–Crippen LogP) is 4.06. The first-order chi connectivity index (χ1) is 10.4. The summed E-state index contributed by atoms with van der Waals surface area (Å²) in [6, 6.07) is 3.92. The van der Waals surface area contributed by atoms with Crippen LogP contribution in [0, 0.1) is 13.8 Å². The van der Waals surface area contributed by atoms with Crippen molar-refractivity contribution in [3.8, 4) is 5.75 Å². The van der Waals surface area contributed by atoms with E-state index >= 15 is 0 Å². The molecule has 0 aliphatic rings. The maximum Gasteiger partial charge on any atom is 0.264 e. The van der Waals surface area contributed by atoms with Crippen LogP contribution in [0.2, 0.25) is 0 Å². The first kappa shape index (κ1) is 16.9. The number of carbonyl (C=O) groups is 1. The zero-order chi connectivity index (χ0) is 16.3. The molecule has 1 heterocycles. The summed E-state index contributed by atoms with van der Waals surface area (Å²) in [5.41, 5.74) is 1.97. The van der Waals surface area contributed by atoms with E-state index in [1.165, 1.54) is 11.3 Å². The van der Waals surface area contributed by atoms with E-state index in [9.17, 15) is 4.79 Å². The number of nitrogens with zero attached hydrogens (tertiary/aromatic N) is 2. The Bertz CT molecular complexity index is 662. The highest BCUT2D eigenvalue weighted by atomic mass is 79.9. The second-order valence-electron chi connectivity index (χ2n) is 5.31. The second kappa shape index (κ2) is 7.19. The number of benzene rings is 1. The number of aryl methyl sites for hydroxylation is 2. The molecule has 0 saturated heterocycles. The largest absolute Gasteiger partial charge is 0.483 e. The SMILES string of the molecule is Cc1cc(Br)cc(C)c1OCC(=O)Nc1nnc(C(C)C)s1. The van der Waals surface area contributed by atoms with Gasteiger partial charge in [0, 0.05) is 10.4 Å². The summed E-state index contributed by atoms with van der Waals surface area (Å²) in [6.45, 7) is 7.91. The molecule has 0 bridgehead atoms. The minimum absolute atomic E-state index is 0.0557. The standard InChI is InChI=1S/C15H18BrN3O2S/c1-8(2)14-18-19-15(22-14)17-12(20)7-21-13-9(3)5-11(16)6-10(13)4/h5-6,8H,7H2,1-4H3,(H,17,19,20). The molecule has 1 amide bonds. The van der Waals surface area contributed by atoms with Gasteiger partial charge in [-0.3, -0.25) is 10.1 Å². The van der Waals surface area contributed by atoms with Crippen LogP contribution in [-0.2, 0) is 4.79 Å². The van der Waals surface area contributed by atoms with Gasteiger partial charge in [-0.25, -0.2) is 0 Å². The number of rotatable bonds is 5. The fourth-order valence-electron chi connectivity index (χ4n) is 1.94. The van der Waals surface area contributed by atoms with E-state index < -0.39 is 0 Å². The Morgan fingerprint density at radius 1 is 1.32 bits per heavy atom. The van der Waals surface area contributed by atoms with Crippen LogP contribution in [0.25, 0.3) is 0 Å². The Kier molecular flexibility index (Phi) is 5.52. The van der Waals surface area contributed by atoms with E-state index in [0.717, 1.165) is 26.4 Å². The van der Waals surface area contributed by atoms with Crippen molar-refractivity contribution >= 4 is 38.3 Å². The van der Waals surface area contributed by atoms with Gasteiger partial charge in [0.15, 0.2) is 6.61 Å². The molecule has 7 heteroatoms. The molecule has 1 aromatic carbocycles. The lowest BCUT2D eigenvalue weighted by molar-refractivity contribution is -0.118. The zero-order valence-electron chi connectivity index (χ0n) is 12.9. The Morgan fingerprint density at radius 2 is 1.95 bits per heavy atom. The molecule has 22 heavy (non-hydrogen) atoms. The third-order valence-electron chi connectivity index (χ3n) is 2.95. The minimum atomic E-state index is -0.242. The lowest BCUT2D eigenvalue weighted by Gasteiger charge is -2.12. The Hall–Kier alpha value is -1.47. The van der Waals surface area contributed by atoms with Crippen LogP contribution in [0.5, 0.6) is 5.75 Å². The first-order valence-corrected chi connectivity index (χ1v) is 8.50. The maximum absolute atomic E-state index is 11.9. The molecule has 2 rings (SSSR count). The van der Waals surface area contributed by atoms with Crippen LogP contribution in [0.4, 0.5) is 5.13 Å². The summed E-state index contributed by atoms with van der Waals surface area (Å²) in [5, 5.41) is 12.1. The van der Waals surface area contributed by atoms with Gasteiger partial charge in [0.05, 0.1) is 0 Å². The zero-order valence-corrected chi connectivity index (χ0v) is 15.3. The van der Waals surface area contributed by atoms with Crippen LogP contribution in [0.15, 0.2) is 16.6 Å². The van der Waals surface area contributed by atoms with Crippen molar-refractivity contribution in [2.24, 2.45) is 0 Å². The Morgan fingerprint density at radius 3 is 2.50 bits per heavy atom. The molecule has 0 unspecified atom stereocenters. The van der Waals surface area contributed by atoms with Crippen molar-refractivity contribution in [3.05, 3.63) is 32.7 Å². The normalized spacial score (nSPS) is 10.8. The lowest BCUT2D eigenvalue weighted by Crippen LogP contribution is -2.20. The third-order valence-corrected chi connectivity index (χ3v) is 4.55. The number of hydrogen-bond donors (Lipinski definition) is 1. The average Bonchev–Trinajstić information content (AvgIpc) is 2.86. The van der Waals surface area contributed by atoms with E-state index in [1.54, 1.807) is 0 Å². The van der Waals surface area contributed by atoms with Crippen LogP contribution in [-0.4, -0.2) is 22.7 Å². The molecule has 0 atom stereocenters. The van der Waals surface area contributed by atoms with E-state index in [2.05, 4.69) is 31.4 Å². The van der Waals surface area contributed by atoms with E-state index in [0.29, 0.717) is 11.0 Å². The summed E-state index contributed by atoms with van der Waals surface area (Å²) in [4.78, 5) is 11.9. The summed E-state index contributed by atoms with van der Waals surface area (Å²) in [6.07, 6.45) is 0. The minimum Gasteiger partial charge on any atom is -0.483 e. The van der Waals surface area contributed by atoms with E-state index in [-0.39, 0.29) is 12.5 Å². The summed E-state index contributed by atoms with van der Waals surface area (Å²) in [5.74, 6) is 0.791. The molecule has 0 saturated carbocycles. The molecule has 0 radical (unpaired) electrons. The first-order valence-electron chi connectivity index (χ1n) is 6.89. The number of carbonyl (C=O) groups excluding carboxylic acids is 1. The number of halogens is 1. The van der Waals surface area contributed by atoms with Crippen molar-refractivity contribution in [2.45, 2.75) is 33.6 Å². The van der Waals surface area contributed by atoms with Crippen LogP contribution in [0.1, 0.15) is 35.9 Å². The number of ether oxygens (including phenoxy) is 1. The van der Waals surface area contributed by atoms with Gasteiger partial charge >= 0.3 is 0 Å². The fourth-order valence-corrected chi connectivity index (χ4v) is 3.39. The molecule has 0 spiro atoms. The number of hydrogen-bond acceptors (Lipinski definition) is 5. The lowest BCUT2D eigenvalue weighted by atomic mass is 10.1. The molecule has 0 aliphatic carbocycles. The smallest absolute Gasteiger partial charge is 0.264 e. The van der Waals surface area contributed by atoms with Crippen LogP contribution >= 0.6 is 27.3 Å². The van der Waals surface area contributed by atoms with Gasteiger partial charge in [-0.05, 0) is 37.1 Å². The summed E-state index contributed by atoms with van der Waals surface area (Å²) in [7, 11) is 0. The fraction of sp³-hybridized carbons (Fsp3) is 0.400. The maximum atomic E-state index is 11.9. The molecule has 1 aromatic heterocycles. The molecule has 2 aromatic rings. The number of nitrogens with one attached hydrogen (secondary N) is 1. The Balaban J connectivity index is 1.95. The quantitative estimate of drug-likeness (QED) is 0.845. The third kappa shape index (κ3) is 4.27. The second-order valence-corrected chi connectivity index (χ2v) is 7.23. The van der Waals surface area contributed by atoms with Crippen molar-refractivity contribution in [2.75, 3.05) is 11.9 Å². The van der Waals surface area contributed by atoms with Gasteiger partial charge in [0.2, 0.25) is 5.13 Å².